The third-order valence-corrected chi connectivity index (χ3v) is 4.64. The van der Waals surface area contributed by atoms with Gasteiger partial charge in [-0.05, 0) is 37.1 Å². The molecule has 4 amide bonds. The fourth-order valence-corrected chi connectivity index (χ4v) is 3.41. The second-order valence-corrected chi connectivity index (χ2v) is 6.17. The number of carbonyl (C=O) groups is 3. The van der Waals surface area contributed by atoms with Gasteiger partial charge in [-0.15, -0.1) is 0 Å². The Morgan fingerprint density at radius 1 is 1.12 bits per heavy atom. The molecule has 1 aromatic carbocycles. The minimum Gasteiger partial charge on any atom is -0.459 e. The molecule has 7 heteroatoms. The van der Waals surface area contributed by atoms with Crippen LogP contribution in [0.4, 0.5) is 10.5 Å². The molecule has 4 rings (SSSR count). The lowest BCUT2D eigenvalue weighted by atomic mass is 9.98. The van der Waals surface area contributed by atoms with Crippen molar-refractivity contribution in [3.05, 3.63) is 54.5 Å². The largest absolute Gasteiger partial charge is 0.459 e. The van der Waals surface area contributed by atoms with Gasteiger partial charge in [-0.3, -0.25) is 9.59 Å². The maximum absolute atomic E-state index is 12.7. The van der Waals surface area contributed by atoms with Gasteiger partial charge in [0, 0.05) is 12.6 Å². The topological polar surface area (TPSA) is 82.9 Å². The first-order valence-corrected chi connectivity index (χ1v) is 8.19. The molecule has 0 spiro atoms. The van der Waals surface area contributed by atoms with Gasteiger partial charge in [-0.1, -0.05) is 18.2 Å². The lowest BCUT2D eigenvalue weighted by molar-refractivity contribution is -0.120. The Morgan fingerprint density at radius 2 is 1.92 bits per heavy atom. The Kier molecular flexibility index (Phi) is 3.76. The third kappa shape index (κ3) is 2.67. The summed E-state index contributed by atoms with van der Waals surface area (Å²) >= 11 is 0. The zero-order chi connectivity index (χ0) is 17.4. The molecule has 128 valence electrons. The second kappa shape index (κ2) is 6.08. The van der Waals surface area contributed by atoms with E-state index in [4.69, 9.17) is 4.42 Å². The van der Waals surface area contributed by atoms with Gasteiger partial charge in [0.25, 0.3) is 11.8 Å². The molecule has 2 saturated heterocycles. The Hall–Kier alpha value is -3.09. The first-order valence-electron chi connectivity index (χ1n) is 8.19. The van der Waals surface area contributed by atoms with Crippen LogP contribution in [0.2, 0.25) is 0 Å². The van der Waals surface area contributed by atoms with Crippen molar-refractivity contribution in [3.8, 4) is 0 Å². The number of benzene rings is 1. The molecule has 2 aliphatic heterocycles. The van der Waals surface area contributed by atoms with Crippen molar-refractivity contribution in [1.29, 1.82) is 0 Å². The Bertz CT molecular complexity index is 803. The monoisotopic (exact) mass is 339 g/mol. The summed E-state index contributed by atoms with van der Waals surface area (Å²) < 4.78 is 5.08. The summed E-state index contributed by atoms with van der Waals surface area (Å²) in [7, 11) is 0. The van der Waals surface area contributed by atoms with Gasteiger partial charge < -0.3 is 14.6 Å². The molecule has 1 aromatic heterocycles. The number of hydrogen-bond donors (Lipinski definition) is 1. The summed E-state index contributed by atoms with van der Waals surface area (Å²) in [5.41, 5.74) is 0.572. The number of furan rings is 1. The molecule has 1 N–H and O–H groups in total. The standard InChI is InChI=1S/C18H17N3O4/c22-16(15-7-4-10-25-15)19-12-8-9-20-14(11-12)17(23)21(18(20)24)13-5-2-1-3-6-13/h1-7,10,12,14H,8-9,11H2,(H,19,22)/t12-,14+/m0/s1. The number of imide groups is 1. The molecule has 0 saturated carbocycles. The number of rotatable bonds is 3. The predicted octanol–water partition coefficient (Wildman–Crippen LogP) is 2.01. The summed E-state index contributed by atoms with van der Waals surface area (Å²) in [5.74, 6) is -0.310. The van der Waals surface area contributed by atoms with Crippen LogP contribution in [0.3, 0.4) is 0 Å². The van der Waals surface area contributed by atoms with Crippen molar-refractivity contribution in [2.75, 3.05) is 11.4 Å². The van der Waals surface area contributed by atoms with Gasteiger partial charge in [0.05, 0.1) is 12.0 Å². The molecule has 0 radical (unpaired) electrons. The summed E-state index contributed by atoms with van der Waals surface area (Å²) in [6.07, 6.45) is 2.44. The highest BCUT2D eigenvalue weighted by molar-refractivity contribution is 6.21. The summed E-state index contributed by atoms with van der Waals surface area (Å²) in [4.78, 5) is 40.3. The van der Waals surface area contributed by atoms with Crippen molar-refractivity contribution in [2.24, 2.45) is 0 Å². The molecule has 0 unspecified atom stereocenters. The van der Waals surface area contributed by atoms with E-state index in [1.54, 1.807) is 41.3 Å². The number of anilines is 1. The van der Waals surface area contributed by atoms with E-state index in [9.17, 15) is 14.4 Å². The van der Waals surface area contributed by atoms with E-state index >= 15 is 0 Å². The van der Waals surface area contributed by atoms with Crippen molar-refractivity contribution >= 4 is 23.5 Å². The smallest absolute Gasteiger partial charge is 0.332 e. The number of hydrogen-bond acceptors (Lipinski definition) is 4. The van der Waals surface area contributed by atoms with Crippen LogP contribution in [0.15, 0.2) is 53.1 Å². The van der Waals surface area contributed by atoms with Gasteiger partial charge in [-0.25, -0.2) is 9.69 Å². The van der Waals surface area contributed by atoms with Crippen molar-refractivity contribution in [3.63, 3.8) is 0 Å². The van der Waals surface area contributed by atoms with E-state index in [2.05, 4.69) is 5.32 Å². The van der Waals surface area contributed by atoms with E-state index in [1.165, 1.54) is 11.2 Å². The molecule has 7 nitrogen and oxygen atoms in total. The fourth-order valence-electron chi connectivity index (χ4n) is 3.41. The number of piperidine rings is 1. The minimum atomic E-state index is -0.539. The highest BCUT2D eigenvalue weighted by Gasteiger charge is 2.48. The lowest BCUT2D eigenvalue weighted by Gasteiger charge is -2.32. The number of urea groups is 1. The van der Waals surface area contributed by atoms with E-state index in [0.717, 1.165) is 0 Å². The van der Waals surface area contributed by atoms with Gasteiger partial charge >= 0.3 is 6.03 Å². The number of para-hydroxylation sites is 1. The average Bonchev–Trinajstić information content (AvgIpc) is 3.24. The molecule has 2 fully saturated rings. The molecular weight excluding hydrogens is 322 g/mol. The average molecular weight is 339 g/mol. The maximum Gasteiger partial charge on any atom is 0.332 e. The molecular formula is C18H17N3O4. The molecule has 25 heavy (non-hydrogen) atoms. The van der Waals surface area contributed by atoms with E-state index in [0.29, 0.717) is 25.1 Å². The predicted molar refractivity (Wildman–Crippen MR) is 89.0 cm³/mol. The highest BCUT2D eigenvalue weighted by atomic mass is 16.3. The first kappa shape index (κ1) is 15.4. The van der Waals surface area contributed by atoms with Crippen LogP contribution < -0.4 is 10.2 Å². The van der Waals surface area contributed by atoms with Gasteiger partial charge in [-0.2, -0.15) is 0 Å². The van der Waals surface area contributed by atoms with Crippen LogP contribution in [-0.4, -0.2) is 41.4 Å². The van der Waals surface area contributed by atoms with E-state index in [1.807, 2.05) is 6.07 Å². The Balaban J connectivity index is 1.49. The Morgan fingerprint density at radius 3 is 2.64 bits per heavy atom. The molecule has 2 aliphatic rings. The molecule has 2 atom stereocenters. The lowest BCUT2D eigenvalue weighted by Crippen LogP contribution is -2.49. The van der Waals surface area contributed by atoms with Crippen LogP contribution in [0.1, 0.15) is 23.4 Å². The molecule has 3 heterocycles. The normalized spacial score (nSPS) is 22.9. The number of nitrogens with zero attached hydrogens (tertiary/aromatic N) is 2. The summed E-state index contributed by atoms with van der Waals surface area (Å²) in [6.45, 7) is 0.432. The number of nitrogens with one attached hydrogen (secondary N) is 1. The zero-order valence-corrected chi connectivity index (χ0v) is 13.4. The zero-order valence-electron chi connectivity index (χ0n) is 13.4. The van der Waals surface area contributed by atoms with Crippen molar-refractivity contribution in [2.45, 2.75) is 24.9 Å². The molecule has 2 aromatic rings. The first-order chi connectivity index (χ1) is 12.1. The van der Waals surface area contributed by atoms with Gasteiger partial charge in [0.15, 0.2) is 5.76 Å². The minimum absolute atomic E-state index is 0.175. The van der Waals surface area contributed by atoms with Crippen LogP contribution in [-0.2, 0) is 4.79 Å². The van der Waals surface area contributed by atoms with Crippen LogP contribution in [0, 0.1) is 0 Å². The van der Waals surface area contributed by atoms with E-state index in [-0.39, 0.29) is 29.6 Å². The summed E-state index contributed by atoms with van der Waals surface area (Å²) in [6, 6.07) is 11.1. The highest BCUT2D eigenvalue weighted by Crippen LogP contribution is 2.30. The van der Waals surface area contributed by atoms with Gasteiger partial charge in [0.2, 0.25) is 0 Å². The second-order valence-electron chi connectivity index (χ2n) is 6.17. The van der Waals surface area contributed by atoms with E-state index < -0.39 is 6.04 Å². The fraction of sp³-hybridized carbons (Fsp3) is 0.278. The maximum atomic E-state index is 12.7. The Labute approximate surface area is 144 Å². The van der Waals surface area contributed by atoms with Crippen molar-refractivity contribution in [1.82, 2.24) is 10.2 Å². The van der Waals surface area contributed by atoms with Crippen LogP contribution in [0.5, 0.6) is 0 Å². The molecule has 0 aliphatic carbocycles. The third-order valence-electron chi connectivity index (χ3n) is 4.64. The SMILES string of the molecule is O=C(N[C@H]1CCN2C(=O)N(c3ccccc3)C(=O)[C@H]2C1)c1ccco1. The van der Waals surface area contributed by atoms with Crippen molar-refractivity contribution < 1.29 is 18.8 Å². The quantitative estimate of drug-likeness (QED) is 0.867. The van der Waals surface area contributed by atoms with Gasteiger partial charge in [0.1, 0.15) is 6.04 Å². The summed E-state index contributed by atoms with van der Waals surface area (Å²) in [5, 5.41) is 2.88. The molecule has 0 bridgehead atoms. The number of carbonyl (C=O) groups excluding carboxylic acids is 3. The number of amides is 4. The van der Waals surface area contributed by atoms with Crippen LogP contribution in [0.25, 0.3) is 0 Å². The number of fused-ring (bicyclic) bond motifs is 1. The van der Waals surface area contributed by atoms with Crippen LogP contribution >= 0.6 is 0 Å².